The van der Waals surface area contributed by atoms with E-state index in [2.05, 4.69) is 22.4 Å². The highest BCUT2D eigenvalue weighted by atomic mass is 32.2. The fourth-order valence-electron chi connectivity index (χ4n) is 2.83. The van der Waals surface area contributed by atoms with Gasteiger partial charge in [0.15, 0.2) is 0 Å². The van der Waals surface area contributed by atoms with Gasteiger partial charge in [-0.3, -0.25) is 4.79 Å². The van der Waals surface area contributed by atoms with Crippen LogP contribution in [-0.2, 0) is 11.3 Å². The van der Waals surface area contributed by atoms with Gasteiger partial charge in [0.05, 0.1) is 11.8 Å². The highest BCUT2D eigenvalue weighted by molar-refractivity contribution is 8.00. The topological polar surface area (TPSA) is 63.9 Å². The van der Waals surface area contributed by atoms with Gasteiger partial charge < -0.3 is 4.90 Å². The van der Waals surface area contributed by atoms with Crippen LogP contribution in [0.1, 0.15) is 32.3 Å². The molecule has 0 radical (unpaired) electrons. The summed E-state index contributed by atoms with van der Waals surface area (Å²) in [6.45, 7) is 6.52. The van der Waals surface area contributed by atoms with Crippen molar-refractivity contribution in [3.8, 4) is 0 Å². The quantitative estimate of drug-likeness (QED) is 0.779. The van der Waals surface area contributed by atoms with Crippen LogP contribution in [0.3, 0.4) is 0 Å². The Hall–Kier alpha value is -1.89. The van der Waals surface area contributed by atoms with Crippen molar-refractivity contribution in [3.05, 3.63) is 35.9 Å². The number of thioether (sulfide) groups is 1. The number of nitrogens with zero attached hydrogens (tertiary/aromatic N) is 5. The summed E-state index contributed by atoms with van der Waals surface area (Å²) < 4.78 is 1.75. The maximum atomic E-state index is 12.6. The van der Waals surface area contributed by atoms with E-state index < -0.39 is 0 Å². The molecule has 0 N–H and O–H groups in total. The second-order valence-electron chi connectivity index (χ2n) is 6.37. The van der Waals surface area contributed by atoms with Gasteiger partial charge >= 0.3 is 0 Å². The van der Waals surface area contributed by atoms with Crippen molar-refractivity contribution < 1.29 is 4.79 Å². The molecule has 2 aromatic rings. The Balaban J connectivity index is 1.61. The average molecular weight is 345 g/mol. The number of piperidine rings is 1. The van der Waals surface area contributed by atoms with Gasteiger partial charge in [-0.05, 0) is 41.7 Å². The predicted molar refractivity (Wildman–Crippen MR) is 93.7 cm³/mol. The zero-order chi connectivity index (χ0) is 16.9. The van der Waals surface area contributed by atoms with Crippen LogP contribution in [0.5, 0.6) is 0 Å². The summed E-state index contributed by atoms with van der Waals surface area (Å²) >= 11 is 1.43. The molecular weight excluding hydrogens is 322 g/mol. The first-order valence-corrected chi connectivity index (χ1v) is 9.27. The molecule has 1 aromatic heterocycles. The largest absolute Gasteiger partial charge is 0.342 e. The second kappa shape index (κ2) is 7.79. The zero-order valence-electron chi connectivity index (χ0n) is 14.1. The Morgan fingerprint density at radius 2 is 2.00 bits per heavy atom. The van der Waals surface area contributed by atoms with Gasteiger partial charge in [-0.25, -0.2) is 4.68 Å². The molecule has 1 aliphatic rings. The predicted octanol–water partition coefficient (Wildman–Crippen LogP) is 2.46. The molecule has 6 nitrogen and oxygen atoms in total. The summed E-state index contributed by atoms with van der Waals surface area (Å²) in [5, 5.41) is 12.4. The van der Waals surface area contributed by atoms with Crippen LogP contribution in [0.15, 0.2) is 35.5 Å². The van der Waals surface area contributed by atoms with Crippen LogP contribution >= 0.6 is 11.8 Å². The van der Waals surface area contributed by atoms with Crippen molar-refractivity contribution in [2.45, 2.75) is 43.6 Å². The Morgan fingerprint density at radius 3 is 2.71 bits per heavy atom. The van der Waals surface area contributed by atoms with Gasteiger partial charge in [0, 0.05) is 13.1 Å². The first-order valence-electron chi connectivity index (χ1n) is 8.39. The molecule has 0 aliphatic carbocycles. The summed E-state index contributed by atoms with van der Waals surface area (Å²) in [6, 6.07) is 10.1. The Morgan fingerprint density at radius 1 is 1.29 bits per heavy atom. The second-order valence-corrected chi connectivity index (χ2v) is 7.68. The fourth-order valence-corrected chi connectivity index (χ4v) is 3.70. The number of rotatable bonds is 5. The number of hydrogen-bond donors (Lipinski definition) is 0. The van der Waals surface area contributed by atoms with E-state index in [9.17, 15) is 4.79 Å². The third-order valence-electron chi connectivity index (χ3n) is 4.40. The number of likely N-dealkylation sites (tertiary alicyclic amines) is 1. The van der Waals surface area contributed by atoms with E-state index in [1.54, 1.807) is 4.68 Å². The van der Waals surface area contributed by atoms with E-state index >= 15 is 0 Å². The van der Waals surface area contributed by atoms with Crippen molar-refractivity contribution in [3.63, 3.8) is 0 Å². The van der Waals surface area contributed by atoms with E-state index in [-0.39, 0.29) is 11.2 Å². The molecule has 1 atom stereocenters. The standard InChI is InChI=1S/C17H23N5OS/c1-13-8-10-21(11-9-13)16(23)14(2)24-17-18-19-20-22(17)12-15-6-4-3-5-7-15/h3-7,13-14H,8-12H2,1-2H3/t14-/m1/s1. The summed E-state index contributed by atoms with van der Waals surface area (Å²) in [5.74, 6) is 0.899. The van der Waals surface area contributed by atoms with Gasteiger partial charge in [-0.1, -0.05) is 49.0 Å². The maximum Gasteiger partial charge on any atom is 0.235 e. The molecule has 1 amide bonds. The summed E-state index contributed by atoms with van der Waals surface area (Å²) in [4.78, 5) is 14.6. The molecule has 1 aromatic carbocycles. The van der Waals surface area contributed by atoms with Gasteiger partial charge in [-0.2, -0.15) is 0 Å². The Kier molecular flexibility index (Phi) is 5.50. The molecule has 2 heterocycles. The number of aromatic nitrogens is 4. The molecule has 0 unspecified atom stereocenters. The molecule has 24 heavy (non-hydrogen) atoms. The van der Waals surface area contributed by atoms with Crippen LogP contribution in [0, 0.1) is 5.92 Å². The van der Waals surface area contributed by atoms with Crippen LogP contribution in [0.25, 0.3) is 0 Å². The first-order chi connectivity index (χ1) is 11.6. The molecule has 1 fully saturated rings. The smallest absolute Gasteiger partial charge is 0.235 e. The summed E-state index contributed by atoms with van der Waals surface area (Å²) in [5.41, 5.74) is 1.13. The number of tetrazole rings is 1. The molecule has 0 saturated carbocycles. The van der Waals surface area contributed by atoms with Crippen molar-refractivity contribution >= 4 is 17.7 Å². The van der Waals surface area contributed by atoms with Crippen molar-refractivity contribution in [1.82, 2.24) is 25.1 Å². The minimum Gasteiger partial charge on any atom is -0.342 e. The SMILES string of the molecule is CC1CCN(C(=O)[C@@H](C)Sc2nnnn2Cc2ccccc2)CC1. The molecule has 0 bridgehead atoms. The molecular formula is C17H23N5OS. The molecule has 0 spiro atoms. The fraction of sp³-hybridized carbons (Fsp3) is 0.529. The van der Waals surface area contributed by atoms with Crippen LogP contribution in [-0.4, -0.2) is 49.4 Å². The normalized spacial score (nSPS) is 17.0. The average Bonchev–Trinajstić information content (AvgIpc) is 3.02. The molecule has 7 heteroatoms. The minimum absolute atomic E-state index is 0.182. The van der Waals surface area contributed by atoms with E-state index in [0.717, 1.165) is 37.4 Å². The van der Waals surface area contributed by atoms with Gasteiger partial charge in [0.25, 0.3) is 0 Å². The third-order valence-corrected chi connectivity index (χ3v) is 5.46. The van der Waals surface area contributed by atoms with E-state index in [1.807, 2.05) is 42.2 Å². The maximum absolute atomic E-state index is 12.6. The number of benzene rings is 1. The van der Waals surface area contributed by atoms with Crippen LogP contribution in [0.4, 0.5) is 0 Å². The molecule has 1 aliphatic heterocycles. The summed E-state index contributed by atoms with van der Waals surface area (Å²) in [6.07, 6.45) is 2.18. The van der Waals surface area contributed by atoms with Gasteiger partial charge in [-0.15, -0.1) is 5.10 Å². The van der Waals surface area contributed by atoms with Crippen LogP contribution in [0.2, 0.25) is 0 Å². The van der Waals surface area contributed by atoms with E-state index in [0.29, 0.717) is 11.7 Å². The number of amides is 1. The van der Waals surface area contributed by atoms with Crippen molar-refractivity contribution in [1.29, 1.82) is 0 Å². The number of carbonyl (C=O) groups is 1. The van der Waals surface area contributed by atoms with Crippen molar-refractivity contribution in [2.24, 2.45) is 5.92 Å². The number of carbonyl (C=O) groups excluding carboxylic acids is 1. The molecule has 1 saturated heterocycles. The lowest BCUT2D eigenvalue weighted by Gasteiger charge is -2.31. The first kappa shape index (κ1) is 17.0. The number of hydrogen-bond acceptors (Lipinski definition) is 5. The molecule has 128 valence electrons. The Bertz CT molecular complexity index is 667. The third kappa shape index (κ3) is 4.14. The lowest BCUT2D eigenvalue weighted by Crippen LogP contribution is -2.41. The highest BCUT2D eigenvalue weighted by Crippen LogP contribution is 2.24. The zero-order valence-corrected chi connectivity index (χ0v) is 14.9. The van der Waals surface area contributed by atoms with E-state index in [1.165, 1.54) is 11.8 Å². The van der Waals surface area contributed by atoms with Gasteiger partial charge in [0.2, 0.25) is 11.1 Å². The van der Waals surface area contributed by atoms with Crippen molar-refractivity contribution in [2.75, 3.05) is 13.1 Å². The Labute approximate surface area is 146 Å². The van der Waals surface area contributed by atoms with Crippen LogP contribution < -0.4 is 0 Å². The highest BCUT2D eigenvalue weighted by Gasteiger charge is 2.26. The summed E-state index contributed by atoms with van der Waals surface area (Å²) in [7, 11) is 0. The molecule has 3 rings (SSSR count). The lowest BCUT2D eigenvalue weighted by molar-refractivity contribution is -0.131. The lowest BCUT2D eigenvalue weighted by atomic mass is 9.99. The van der Waals surface area contributed by atoms with Gasteiger partial charge in [0.1, 0.15) is 0 Å². The monoisotopic (exact) mass is 345 g/mol. The minimum atomic E-state index is -0.182. The van der Waals surface area contributed by atoms with E-state index in [4.69, 9.17) is 0 Å².